The third-order valence-electron chi connectivity index (χ3n) is 2.32. The summed E-state index contributed by atoms with van der Waals surface area (Å²) in [6.45, 7) is 0.601. The molecule has 5 heteroatoms. The van der Waals surface area contributed by atoms with Gasteiger partial charge in [0, 0.05) is 10.2 Å². The Morgan fingerprint density at radius 1 is 1.33 bits per heavy atom. The molecule has 1 amide bonds. The maximum absolute atomic E-state index is 11.9. The van der Waals surface area contributed by atoms with Crippen molar-refractivity contribution >= 4 is 27.5 Å². The van der Waals surface area contributed by atoms with Crippen molar-refractivity contribution in [2.75, 3.05) is 12.4 Å². The highest BCUT2D eigenvalue weighted by Gasteiger charge is 2.11. The number of rotatable bonds is 4. The molecule has 2 N–H and O–H groups in total. The molecular formula is C13H13BrN2O2. The summed E-state index contributed by atoms with van der Waals surface area (Å²) in [5.41, 5.74) is 0.723. The highest BCUT2D eigenvalue weighted by molar-refractivity contribution is 9.10. The summed E-state index contributed by atoms with van der Waals surface area (Å²) in [7, 11) is 1.82. The van der Waals surface area contributed by atoms with Crippen LogP contribution in [0, 0.1) is 0 Å². The number of carbonyl (C=O) groups is 1. The lowest BCUT2D eigenvalue weighted by molar-refractivity contribution is 0.0995. The van der Waals surface area contributed by atoms with Crippen molar-refractivity contribution in [1.82, 2.24) is 5.32 Å². The standard InChI is InChI=1S/C13H13BrN2O2/c1-15-8-11-5-6-12(18-11)13(17)16-10-4-2-3-9(14)7-10/h2-7,15H,8H2,1H3,(H,16,17). The minimum atomic E-state index is -0.254. The fourth-order valence-corrected chi connectivity index (χ4v) is 1.93. The Morgan fingerprint density at radius 3 is 2.89 bits per heavy atom. The molecular weight excluding hydrogens is 296 g/mol. The topological polar surface area (TPSA) is 54.3 Å². The van der Waals surface area contributed by atoms with E-state index in [4.69, 9.17) is 4.42 Å². The fraction of sp³-hybridized carbons (Fsp3) is 0.154. The first-order valence-electron chi connectivity index (χ1n) is 5.49. The minimum absolute atomic E-state index is 0.254. The van der Waals surface area contributed by atoms with Crippen LogP contribution in [0.25, 0.3) is 0 Å². The van der Waals surface area contributed by atoms with Gasteiger partial charge in [-0.2, -0.15) is 0 Å². The first kappa shape index (κ1) is 12.9. The van der Waals surface area contributed by atoms with Gasteiger partial charge in [-0.25, -0.2) is 0 Å². The molecule has 0 atom stereocenters. The summed E-state index contributed by atoms with van der Waals surface area (Å²) in [5, 5.41) is 5.73. The summed E-state index contributed by atoms with van der Waals surface area (Å²) in [6.07, 6.45) is 0. The number of nitrogens with one attached hydrogen (secondary N) is 2. The van der Waals surface area contributed by atoms with Crippen LogP contribution in [0.2, 0.25) is 0 Å². The van der Waals surface area contributed by atoms with Crippen LogP contribution in [0.3, 0.4) is 0 Å². The highest BCUT2D eigenvalue weighted by Crippen LogP contribution is 2.17. The van der Waals surface area contributed by atoms with Crippen LogP contribution in [0.1, 0.15) is 16.3 Å². The zero-order valence-corrected chi connectivity index (χ0v) is 11.5. The summed E-state index contributed by atoms with van der Waals surface area (Å²) in [5.74, 6) is 0.785. The summed E-state index contributed by atoms with van der Waals surface area (Å²) in [6, 6.07) is 10.9. The Balaban J connectivity index is 2.07. The van der Waals surface area contributed by atoms with E-state index in [1.165, 1.54) is 0 Å². The van der Waals surface area contributed by atoms with Crippen LogP contribution in [-0.4, -0.2) is 13.0 Å². The molecule has 0 aliphatic carbocycles. The van der Waals surface area contributed by atoms with Gasteiger partial charge in [-0.15, -0.1) is 0 Å². The summed E-state index contributed by atoms with van der Waals surface area (Å²) < 4.78 is 6.31. The Kier molecular flexibility index (Phi) is 4.17. The zero-order valence-electron chi connectivity index (χ0n) is 9.87. The quantitative estimate of drug-likeness (QED) is 0.913. The van der Waals surface area contributed by atoms with Gasteiger partial charge in [-0.3, -0.25) is 4.79 Å². The van der Waals surface area contributed by atoms with Gasteiger partial charge in [0.15, 0.2) is 5.76 Å². The van der Waals surface area contributed by atoms with E-state index in [-0.39, 0.29) is 5.91 Å². The second-order valence-corrected chi connectivity index (χ2v) is 4.68. The van der Waals surface area contributed by atoms with E-state index in [0.717, 1.165) is 15.9 Å². The number of anilines is 1. The molecule has 0 spiro atoms. The van der Waals surface area contributed by atoms with Crippen molar-refractivity contribution in [3.8, 4) is 0 Å². The molecule has 0 aliphatic rings. The van der Waals surface area contributed by atoms with Gasteiger partial charge in [0.25, 0.3) is 5.91 Å². The van der Waals surface area contributed by atoms with Crippen molar-refractivity contribution in [2.24, 2.45) is 0 Å². The van der Waals surface area contributed by atoms with Gasteiger partial charge < -0.3 is 15.1 Å². The molecule has 0 bridgehead atoms. The average molecular weight is 309 g/mol. The van der Waals surface area contributed by atoms with Crippen molar-refractivity contribution < 1.29 is 9.21 Å². The minimum Gasteiger partial charge on any atom is -0.455 e. The van der Waals surface area contributed by atoms with Crippen LogP contribution in [0.15, 0.2) is 45.3 Å². The third kappa shape index (κ3) is 3.21. The van der Waals surface area contributed by atoms with Crippen LogP contribution in [0.4, 0.5) is 5.69 Å². The largest absolute Gasteiger partial charge is 0.455 e. The third-order valence-corrected chi connectivity index (χ3v) is 2.81. The van der Waals surface area contributed by atoms with Gasteiger partial charge >= 0.3 is 0 Å². The van der Waals surface area contributed by atoms with Gasteiger partial charge in [-0.1, -0.05) is 22.0 Å². The SMILES string of the molecule is CNCc1ccc(C(=O)Nc2cccc(Br)c2)o1. The predicted molar refractivity (Wildman–Crippen MR) is 73.6 cm³/mol. The van der Waals surface area contributed by atoms with E-state index in [1.807, 2.05) is 31.3 Å². The molecule has 4 nitrogen and oxygen atoms in total. The van der Waals surface area contributed by atoms with Crippen molar-refractivity contribution in [3.63, 3.8) is 0 Å². The molecule has 0 unspecified atom stereocenters. The second kappa shape index (κ2) is 5.84. The number of carbonyl (C=O) groups excluding carboxylic acids is 1. The molecule has 1 aromatic heterocycles. The van der Waals surface area contributed by atoms with E-state index in [1.54, 1.807) is 12.1 Å². The first-order valence-corrected chi connectivity index (χ1v) is 6.28. The van der Waals surface area contributed by atoms with E-state index in [0.29, 0.717) is 12.3 Å². The normalized spacial score (nSPS) is 10.3. The Hall–Kier alpha value is -1.59. The lowest BCUT2D eigenvalue weighted by Crippen LogP contribution is -2.11. The zero-order chi connectivity index (χ0) is 13.0. The highest BCUT2D eigenvalue weighted by atomic mass is 79.9. The van der Waals surface area contributed by atoms with Gasteiger partial charge in [0.05, 0.1) is 6.54 Å². The monoisotopic (exact) mass is 308 g/mol. The Morgan fingerprint density at radius 2 is 2.17 bits per heavy atom. The molecule has 94 valence electrons. The van der Waals surface area contributed by atoms with E-state index >= 15 is 0 Å². The molecule has 18 heavy (non-hydrogen) atoms. The first-order chi connectivity index (χ1) is 8.69. The number of benzene rings is 1. The number of amides is 1. The van der Waals surface area contributed by atoms with E-state index < -0.39 is 0 Å². The summed E-state index contributed by atoms with van der Waals surface area (Å²) in [4.78, 5) is 11.9. The van der Waals surface area contributed by atoms with Gasteiger partial charge in [0.2, 0.25) is 0 Å². The number of hydrogen-bond donors (Lipinski definition) is 2. The predicted octanol–water partition coefficient (Wildman–Crippen LogP) is 3.01. The van der Waals surface area contributed by atoms with Crippen molar-refractivity contribution in [3.05, 3.63) is 52.4 Å². The molecule has 2 rings (SSSR count). The Labute approximate surface area is 114 Å². The van der Waals surface area contributed by atoms with Crippen molar-refractivity contribution in [2.45, 2.75) is 6.54 Å². The number of furan rings is 1. The van der Waals surface area contributed by atoms with Gasteiger partial charge in [-0.05, 0) is 37.4 Å². The lowest BCUT2D eigenvalue weighted by Gasteiger charge is -2.03. The fourth-order valence-electron chi connectivity index (χ4n) is 1.53. The molecule has 0 aliphatic heterocycles. The van der Waals surface area contributed by atoms with E-state index in [9.17, 15) is 4.79 Å². The van der Waals surface area contributed by atoms with Crippen molar-refractivity contribution in [1.29, 1.82) is 0 Å². The van der Waals surface area contributed by atoms with Gasteiger partial charge in [0.1, 0.15) is 5.76 Å². The molecule has 2 aromatic rings. The Bertz CT molecular complexity index is 551. The number of hydrogen-bond acceptors (Lipinski definition) is 3. The maximum Gasteiger partial charge on any atom is 0.291 e. The lowest BCUT2D eigenvalue weighted by atomic mass is 10.3. The molecule has 0 saturated carbocycles. The van der Waals surface area contributed by atoms with Crippen LogP contribution < -0.4 is 10.6 Å². The summed E-state index contributed by atoms with van der Waals surface area (Å²) >= 11 is 3.35. The maximum atomic E-state index is 11.9. The smallest absolute Gasteiger partial charge is 0.291 e. The number of halogens is 1. The van der Waals surface area contributed by atoms with E-state index in [2.05, 4.69) is 26.6 Å². The average Bonchev–Trinajstić information content (AvgIpc) is 2.78. The molecule has 0 fully saturated rings. The molecule has 0 radical (unpaired) electrons. The molecule has 1 aromatic carbocycles. The second-order valence-electron chi connectivity index (χ2n) is 3.76. The van der Waals surface area contributed by atoms with Crippen LogP contribution >= 0.6 is 15.9 Å². The molecule has 0 saturated heterocycles. The van der Waals surface area contributed by atoms with Crippen LogP contribution in [-0.2, 0) is 6.54 Å². The molecule has 1 heterocycles. The van der Waals surface area contributed by atoms with Crippen LogP contribution in [0.5, 0.6) is 0 Å².